The van der Waals surface area contributed by atoms with E-state index in [1.54, 1.807) is 7.05 Å². The number of hydrogen-bond acceptors (Lipinski definition) is 3. The average Bonchev–Trinajstić information content (AvgIpc) is 2.97. The SMILES string of the molecule is Cn1c(-c2ccccc2)nn(CCNC(=O)Nc2ccccc2C(F)(F)F)c1=O. The molecule has 0 unspecified atom stereocenters. The highest BCUT2D eigenvalue weighted by Crippen LogP contribution is 2.34. The standard InChI is InChI=1S/C19H18F3N5O2/c1-26-16(13-7-3-2-4-8-13)25-27(18(26)29)12-11-23-17(28)24-15-10-6-5-9-14(15)19(20,21)22/h2-10H,11-12H2,1H3,(H2,23,24,28). The second-order valence-corrected chi connectivity index (χ2v) is 6.18. The van der Waals surface area contributed by atoms with Gasteiger partial charge in [-0.1, -0.05) is 42.5 Å². The number of aromatic nitrogens is 3. The number of hydrogen-bond donors (Lipinski definition) is 2. The van der Waals surface area contributed by atoms with E-state index in [0.717, 1.165) is 17.7 Å². The van der Waals surface area contributed by atoms with Crippen LogP contribution in [0.15, 0.2) is 59.4 Å². The van der Waals surface area contributed by atoms with Gasteiger partial charge in [-0.25, -0.2) is 14.3 Å². The molecule has 10 heteroatoms. The van der Waals surface area contributed by atoms with Crippen molar-refractivity contribution in [3.8, 4) is 11.4 Å². The number of alkyl halides is 3. The number of carbonyl (C=O) groups excluding carboxylic acids is 1. The molecule has 2 aromatic carbocycles. The number of nitrogens with zero attached hydrogens (tertiary/aromatic N) is 3. The van der Waals surface area contributed by atoms with Crippen molar-refractivity contribution >= 4 is 11.7 Å². The van der Waals surface area contributed by atoms with E-state index in [-0.39, 0.29) is 24.5 Å². The number of nitrogens with one attached hydrogen (secondary N) is 2. The predicted molar refractivity (Wildman–Crippen MR) is 101 cm³/mol. The molecule has 2 amide bonds. The molecule has 0 aliphatic carbocycles. The molecule has 0 saturated carbocycles. The van der Waals surface area contributed by atoms with E-state index in [1.165, 1.54) is 21.4 Å². The molecular weight excluding hydrogens is 387 g/mol. The largest absolute Gasteiger partial charge is 0.418 e. The van der Waals surface area contributed by atoms with Gasteiger partial charge in [0.2, 0.25) is 0 Å². The van der Waals surface area contributed by atoms with Gasteiger partial charge in [-0.05, 0) is 12.1 Å². The first-order valence-electron chi connectivity index (χ1n) is 8.67. The molecular formula is C19H18F3N5O2. The summed E-state index contributed by atoms with van der Waals surface area (Å²) in [6, 6.07) is 13.0. The zero-order valence-electron chi connectivity index (χ0n) is 15.4. The lowest BCUT2D eigenvalue weighted by atomic mass is 10.1. The fraction of sp³-hybridized carbons (Fsp3) is 0.211. The Morgan fingerprint density at radius 3 is 2.41 bits per heavy atom. The van der Waals surface area contributed by atoms with Crippen molar-refractivity contribution in [3.05, 3.63) is 70.6 Å². The molecule has 0 aliphatic heterocycles. The van der Waals surface area contributed by atoms with Gasteiger partial charge in [0, 0.05) is 19.2 Å². The van der Waals surface area contributed by atoms with Crippen LogP contribution in [0.2, 0.25) is 0 Å². The number of benzene rings is 2. The van der Waals surface area contributed by atoms with Gasteiger partial charge < -0.3 is 10.6 Å². The van der Waals surface area contributed by atoms with Crippen LogP contribution in [-0.2, 0) is 19.8 Å². The number of amides is 2. The minimum absolute atomic E-state index is 0.00513. The summed E-state index contributed by atoms with van der Waals surface area (Å²) in [6.07, 6.45) is -4.58. The Balaban J connectivity index is 1.63. The summed E-state index contributed by atoms with van der Waals surface area (Å²) in [5, 5.41) is 8.86. The van der Waals surface area contributed by atoms with Crippen LogP contribution in [0.25, 0.3) is 11.4 Å². The number of halogens is 3. The Morgan fingerprint density at radius 2 is 1.72 bits per heavy atom. The van der Waals surface area contributed by atoms with Gasteiger partial charge in [-0.15, -0.1) is 5.10 Å². The number of para-hydroxylation sites is 1. The van der Waals surface area contributed by atoms with Gasteiger partial charge in [0.15, 0.2) is 5.82 Å². The smallest absolute Gasteiger partial charge is 0.336 e. The van der Waals surface area contributed by atoms with Crippen LogP contribution in [0.3, 0.4) is 0 Å². The van der Waals surface area contributed by atoms with Crippen molar-refractivity contribution in [2.24, 2.45) is 7.05 Å². The summed E-state index contributed by atoms with van der Waals surface area (Å²) in [4.78, 5) is 24.3. The maximum Gasteiger partial charge on any atom is 0.418 e. The highest BCUT2D eigenvalue weighted by Gasteiger charge is 2.33. The molecule has 0 atom stereocenters. The zero-order chi connectivity index (χ0) is 21.0. The monoisotopic (exact) mass is 405 g/mol. The molecule has 152 valence electrons. The van der Waals surface area contributed by atoms with Crippen LogP contribution in [0.5, 0.6) is 0 Å². The van der Waals surface area contributed by atoms with Gasteiger partial charge in [0.25, 0.3) is 0 Å². The normalized spacial score (nSPS) is 11.3. The lowest BCUT2D eigenvalue weighted by Crippen LogP contribution is -2.34. The van der Waals surface area contributed by atoms with Crippen molar-refractivity contribution in [2.45, 2.75) is 12.7 Å². The van der Waals surface area contributed by atoms with E-state index < -0.39 is 17.8 Å². The highest BCUT2D eigenvalue weighted by molar-refractivity contribution is 5.90. The molecule has 1 aromatic heterocycles. The average molecular weight is 405 g/mol. The minimum Gasteiger partial charge on any atom is -0.336 e. The van der Waals surface area contributed by atoms with Crippen LogP contribution < -0.4 is 16.3 Å². The van der Waals surface area contributed by atoms with Crippen LogP contribution in [0.4, 0.5) is 23.7 Å². The molecule has 0 fully saturated rings. The zero-order valence-corrected chi connectivity index (χ0v) is 15.4. The molecule has 2 N–H and O–H groups in total. The molecule has 0 bridgehead atoms. The summed E-state index contributed by atoms with van der Waals surface area (Å²) < 4.78 is 41.5. The first-order valence-corrected chi connectivity index (χ1v) is 8.67. The van der Waals surface area contributed by atoms with Crippen molar-refractivity contribution in [2.75, 3.05) is 11.9 Å². The van der Waals surface area contributed by atoms with Crippen LogP contribution in [0, 0.1) is 0 Å². The Bertz CT molecular complexity index is 1060. The van der Waals surface area contributed by atoms with Gasteiger partial charge in [-0.2, -0.15) is 13.2 Å². The maximum absolute atomic E-state index is 13.0. The fourth-order valence-corrected chi connectivity index (χ4v) is 2.75. The van der Waals surface area contributed by atoms with Crippen molar-refractivity contribution < 1.29 is 18.0 Å². The minimum atomic E-state index is -4.58. The molecule has 0 aliphatic rings. The molecule has 3 aromatic rings. The lowest BCUT2D eigenvalue weighted by molar-refractivity contribution is -0.136. The molecule has 29 heavy (non-hydrogen) atoms. The first-order chi connectivity index (χ1) is 13.8. The third-order valence-corrected chi connectivity index (χ3v) is 4.16. The summed E-state index contributed by atoms with van der Waals surface area (Å²) in [6.45, 7) is 0.0685. The second kappa shape index (κ2) is 8.21. The van der Waals surface area contributed by atoms with E-state index in [1.807, 2.05) is 30.3 Å². The Morgan fingerprint density at radius 1 is 1.07 bits per heavy atom. The van der Waals surface area contributed by atoms with Gasteiger partial charge in [-0.3, -0.25) is 4.57 Å². The quantitative estimate of drug-likeness (QED) is 0.685. The van der Waals surface area contributed by atoms with E-state index >= 15 is 0 Å². The molecule has 1 heterocycles. The Labute approximate surface area is 163 Å². The molecule has 3 rings (SSSR count). The van der Waals surface area contributed by atoms with Crippen molar-refractivity contribution in [1.82, 2.24) is 19.7 Å². The van der Waals surface area contributed by atoms with Crippen molar-refractivity contribution in [1.29, 1.82) is 0 Å². The van der Waals surface area contributed by atoms with E-state index in [2.05, 4.69) is 15.7 Å². The van der Waals surface area contributed by atoms with Gasteiger partial charge in [0.1, 0.15) is 0 Å². The third kappa shape index (κ3) is 4.65. The number of rotatable bonds is 5. The maximum atomic E-state index is 13.0. The van der Waals surface area contributed by atoms with Crippen LogP contribution in [0.1, 0.15) is 5.56 Å². The van der Waals surface area contributed by atoms with Gasteiger partial charge >= 0.3 is 17.9 Å². The van der Waals surface area contributed by atoms with E-state index in [4.69, 9.17) is 0 Å². The third-order valence-electron chi connectivity index (χ3n) is 4.16. The summed E-state index contributed by atoms with van der Waals surface area (Å²) >= 11 is 0. The fourth-order valence-electron chi connectivity index (χ4n) is 2.75. The van der Waals surface area contributed by atoms with Gasteiger partial charge in [0.05, 0.1) is 17.8 Å². The number of carbonyl (C=O) groups is 1. The Hall–Kier alpha value is -3.56. The number of anilines is 1. The first kappa shape index (κ1) is 20.2. The van der Waals surface area contributed by atoms with Crippen LogP contribution >= 0.6 is 0 Å². The Kier molecular flexibility index (Phi) is 5.71. The molecule has 0 saturated heterocycles. The number of urea groups is 1. The summed E-state index contributed by atoms with van der Waals surface area (Å²) in [7, 11) is 1.59. The summed E-state index contributed by atoms with van der Waals surface area (Å²) in [5.74, 6) is 0.471. The van der Waals surface area contributed by atoms with Crippen LogP contribution in [-0.4, -0.2) is 26.9 Å². The molecule has 7 nitrogen and oxygen atoms in total. The second-order valence-electron chi connectivity index (χ2n) is 6.18. The topological polar surface area (TPSA) is 81.0 Å². The summed E-state index contributed by atoms with van der Waals surface area (Å²) in [5.41, 5.74) is -0.892. The predicted octanol–water partition coefficient (Wildman–Crippen LogP) is 3.09. The van der Waals surface area contributed by atoms with Crippen molar-refractivity contribution in [3.63, 3.8) is 0 Å². The highest BCUT2D eigenvalue weighted by atomic mass is 19.4. The molecule has 0 radical (unpaired) electrons. The van der Waals surface area contributed by atoms with E-state index in [9.17, 15) is 22.8 Å². The molecule has 0 spiro atoms. The lowest BCUT2D eigenvalue weighted by Gasteiger charge is -2.13. The van der Waals surface area contributed by atoms with E-state index in [0.29, 0.717) is 5.82 Å².